The van der Waals surface area contributed by atoms with Crippen molar-refractivity contribution in [3.8, 4) is 5.06 Å². The van der Waals surface area contributed by atoms with Crippen molar-refractivity contribution in [2.75, 3.05) is 5.73 Å². The van der Waals surface area contributed by atoms with E-state index in [1.54, 1.807) is 12.1 Å². The number of nitrogen functional groups attached to an aromatic ring is 1. The van der Waals surface area contributed by atoms with Gasteiger partial charge < -0.3 is 15.6 Å². The minimum absolute atomic E-state index is 0.226. The molecule has 4 nitrogen and oxygen atoms in total. The molecule has 0 atom stereocenters. The van der Waals surface area contributed by atoms with Crippen LogP contribution >= 0.6 is 11.3 Å². The van der Waals surface area contributed by atoms with Gasteiger partial charge in [0.05, 0.1) is 5.69 Å². The van der Waals surface area contributed by atoms with Crippen LogP contribution in [-0.4, -0.2) is 11.3 Å². The summed E-state index contributed by atoms with van der Waals surface area (Å²) in [6.45, 7) is 3.56. The molecule has 0 amide bonds. The number of anilines is 1. The molecule has 0 fully saturated rings. The van der Waals surface area contributed by atoms with Crippen molar-refractivity contribution in [3.05, 3.63) is 23.6 Å². The van der Waals surface area contributed by atoms with Crippen LogP contribution in [0.5, 0.6) is 5.06 Å². The molecule has 0 aliphatic carbocycles. The number of allylic oxidation sites excluding steroid dienone is 1. The first-order chi connectivity index (χ1) is 6.13. The first kappa shape index (κ1) is 9.60. The zero-order valence-corrected chi connectivity index (χ0v) is 7.63. The fourth-order valence-corrected chi connectivity index (χ4v) is 1.76. The predicted octanol–water partition coefficient (Wildman–Crippen LogP) is 2.12. The Bertz CT molecular complexity index is 332. The Balaban J connectivity index is 2.82. The van der Waals surface area contributed by atoms with E-state index in [1.165, 1.54) is 11.3 Å². The molecule has 0 radical (unpaired) electrons. The maximum atomic E-state index is 10.2. The van der Waals surface area contributed by atoms with E-state index >= 15 is 0 Å². The molecule has 1 aromatic rings. The van der Waals surface area contributed by atoms with E-state index in [4.69, 9.17) is 10.8 Å². The van der Waals surface area contributed by atoms with E-state index in [-0.39, 0.29) is 5.06 Å². The lowest BCUT2D eigenvalue weighted by molar-refractivity contribution is 0.146. The second-order valence-corrected chi connectivity index (χ2v) is 3.42. The summed E-state index contributed by atoms with van der Waals surface area (Å²) >= 11 is 1.21. The highest BCUT2D eigenvalue weighted by Crippen LogP contribution is 2.33. The topological polar surface area (TPSA) is 72.5 Å². The highest BCUT2D eigenvalue weighted by molar-refractivity contribution is 7.14. The zero-order valence-electron chi connectivity index (χ0n) is 6.82. The third-order valence-electron chi connectivity index (χ3n) is 1.30. The van der Waals surface area contributed by atoms with Crippen LogP contribution in [0.2, 0.25) is 0 Å². The third-order valence-corrected chi connectivity index (χ3v) is 2.35. The molecule has 0 unspecified atom stereocenters. The number of thiophene rings is 1. The molecule has 5 heteroatoms. The fraction of sp³-hybridized carbons (Fsp3) is 0.125. The minimum Gasteiger partial charge on any atom is -0.449 e. The lowest BCUT2D eigenvalue weighted by Crippen LogP contribution is -2.02. The molecular formula is C8H9NO3S. The van der Waals surface area contributed by atoms with Crippen LogP contribution in [0.3, 0.4) is 0 Å². The third kappa shape index (κ3) is 2.48. The van der Waals surface area contributed by atoms with Gasteiger partial charge in [-0.25, -0.2) is 4.79 Å². The van der Waals surface area contributed by atoms with Gasteiger partial charge in [-0.15, -0.1) is 17.9 Å². The van der Waals surface area contributed by atoms with Gasteiger partial charge in [-0.3, -0.25) is 0 Å². The number of carboxylic acid groups (broad SMARTS) is 1. The van der Waals surface area contributed by atoms with Crippen molar-refractivity contribution in [1.82, 2.24) is 0 Å². The van der Waals surface area contributed by atoms with Crippen molar-refractivity contribution in [1.29, 1.82) is 0 Å². The summed E-state index contributed by atoms with van der Waals surface area (Å²) in [5.41, 5.74) is 5.86. The fourth-order valence-electron chi connectivity index (χ4n) is 0.842. The minimum atomic E-state index is -1.35. The highest BCUT2D eigenvalue weighted by Gasteiger charge is 2.09. The van der Waals surface area contributed by atoms with Gasteiger partial charge >= 0.3 is 6.16 Å². The van der Waals surface area contributed by atoms with Crippen molar-refractivity contribution in [2.45, 2.75) is 6.42 Å². The highest BCUT2D eigenvalue weighted by atomic mass is 32.1. The van der Waals surface area contributed by atoms with Gasteiger partial charge in [0, 0.05) is 4.88 Å². The summed E-state index contributed by atoms with van der Waals surface area (Å²) in [6.07, 6.45) is 1.03. The summed E-state index contributed by atoms with van der Waals surface area (Å²) in [4.78, 5) is 11.1. The average Bonchev–Trinajstić information content (AvgIpc) is 2.31. The van der Waals surface area contributed by atoms with Crippen LogP contribution in [0, 0.1) is 0 Å². The molecule has 0 aliphatic rings. The Hall–Kier alpha value is -1.49. The Morgan fingerprint density at radius 2 is 2.54 bits per heavy atom. The number of hydrogen-bond acceptors (Lipinski definition) is 4. The molecule has 70 valence electrons. The van der Waals surface area contributed by atoms with Gasteiger partial charge in [0.15, 0.2) is 0 Å². The van der Waals surface area contributed by atoms with Crippen LogP contribution in [0.1, 0.15) is 4.88 Å². The molecule has 0 aliphatic heterocycles. The monoisotopic (exact) mass is 199 g/mol. The number of ether oxygens (including phenoxy) is 1. The predicted molar refractivity (Wildman–Crippen MR) is 51.3 cm³/mol. The smallest absolute Gasteiger partial charge is 0.449 e. The Labute approximate surface area is 79.3 Å². The molecular weight excluding hydrogens is 190 g/mol. The molecule has 13 heavy (non-hydrogen) atoms. The van der Waals surface area contributed by atoms with Gasteiger partial charge in [0.2, 0.25) is 5.06 Å². The van der Waals surface area contributed by atoms with E-state index in [2.05, 4.69) is 11.3 Å². The summed E-state index contributed by atoms with van der Waals surface area (Å²) in [7, 11) is 0. The van der Waals surface area contributed by atoms with Crippen molar-refractivity contribution in [2.24, 2.45) is 0 Å². The first-order valence-corrected chi connectivity index (χ1v) is 4.35. The van der Waals surface area contributed by atoms with Gasteiger partial charge in [-0.2, -0.15) is 0 Å². The van der Waals surface area contributed by atoms with Crippen LogP contribution < -0.4 is 10.5 Å². The average molecular weight is 199 g/mol. The molecule has 0 aromatic carbocycles. The largest absolute Gasteiger partial charge is 0.512 e. The maximum absolute atomic E-state index is 10.2. The van der Waals surface area contributed by atoms with E-state index in [0.29, 0.717) is 12.1 Å². The van der Waals surface area contributed by atoms with Crippen molar-refractivity contribution >= 4 is 23.2 Å². The first-order valence-electron chi connectivity index (χ1n) is 3.53. The molecule has 0 saturated heterocycles. The lowest BCUT2D eigenvalue weighted by atomic mass is 10.3. The molecule has 0 saturated carbocycles. The van der Waals surface area contributed by atoms with Crippen molar-refractivity contribution in [3.63, 3.8) is 0 Å². The summed E-state index contributed by atoms with van der Waals surface area (Å²) in [6, 6.07) is 1.69. The second kappa shape index (κ2) is 3.95. The van der Waals surface area contributed by atoms with E-state index in [9.17, 15) is 4.79 Å². The normalized spacial score (nSPS) is 9.54. The Morgan fingerprint density at radius 1 is 1.85 bits per heavy atom. The van der Waals surface area contributed by atoms with Gasteiger partial charge in [0.25, 0.3) is 0 Å². The van der Waals surface area contributed by atoms with Crippen LogP contribution in [0.15, 0.2) is 18.7 Å². The molecule has 0 spiro atoms. The number of hydrogen-bond donors (Lipinski definition) is 2. The van der Waals surface area contributed by atoms with Gasteiger partial charge in [-0.05, 0) is 12.5 Å². The Kier molecular flexibility index (Phi) is 2.92. The molecule has 1 rings (SSSR count). The zero-order chi connectivity index (χ0) is 9.84. The molecule has 1 aromatic heterocycles. The van der Waals surface area contributed by atoms with Gasteiger partial charge in [0.1, 0.15) is 0 Å². The SMILES string of the molecule is C=CCc1cc(N)c(OC(=O)O)s1. The number of nitrogens with two attached hydrogens (primary N) is 1. The van der Waals surface area contributed by atoms with E-state index in [0.717, 1.165) is 4.88 Å². The standard InChI is InChI=1S/C8H9NO3S/c1-2-3-5-4-6(9)7(13-5)12-8(10)11/h2,4H,1,3,9H2,(H,10,11). The Morgan fingerprint density at radius 3 is 3.08 bits per heavy atom. The summed E-state index contributed by atoms with van der Waals surface area (Å²) in [5.74, 6) is 0. The number of rotatable bonds is 3. The summed E-state index contributed by atoms with van der Waals surface area (Å²) < 4.78 is 4.45. The van der Waals surface area contributed by atoms with Gasteiger partial charge in [-0.1, -0.05) is 6.08 Å². The molecule has 3 N–H and O–H groups in total. The number of carbonyl (C=O) groups is 1. The van der Waals surface area contributed by atoms with Crippen LogP contribution in [0.4, 0.5) is 10.5 Å². The van der Waals surface area contributed by atoms with E-state index in [1.807, 2.05) is 0 Å². The van der Waals surface area contributed by atoms with E-state index < -0.39 is 6.16 Å². The van der Waals surface area contributed by atoms with Crippen LogP contribution in [0.25, 0.3) is 0 Å². The maximum Gasteiger partial charge on any atom is 0.512 e. The van der Waals surface area contributed by atoms with Crippen molar-refractivity contribution < 1.29 is 14.6 Å². The summed E-state index contributed by atoms with van der Waals surface area (Å²) in [5, 5.41) is 8.57. The molecule has 1 heterocycles. The second-order valence-electron chi connectivity index (χ2n) is 2.32. The van der Waals surface area contributed by atoms with Crippen LogP contribution in [-0.2, 0) is 6.42 Å². The quantitative estimate of drug-likeness (QED) is 0.577. The lowest BCUT2D eigenvalue weighted by Gasteiger charge is -1.94. The molecule has 0 bridgehead atoms.